The standard InChI is InChI=1S/C17H25N3O/c1-12(2)13(7-9-18)3-6-17(21)20-15-4-5-16-14(11-15)8-10-19-16/h4-5,8,10-13,19H,3,6-7,9,18H2,1-2H3,(H,20,21). The van der Waals surface area contributed by atoms with E-state index in [9.17, 15) is 4.79 Å². The van der Waals surface area contributed by atoms with E-state index in [1.807, 2.05) is 30.5 Å². The molecule has 1 amide bonds. The van der Waals surface area contributed by atoms with E-state index in [1.54, 1.807) is 0 Å². The lowest BCUT2D eigenvalue weighted by Gasteiger charge is -2.19. The van der Waals surface area contributed by atoms with Crippen LogP contribution in [0.25, 0.3) is 10.9 Å². The molecule has 0 spiro atoms. The Morgan fingerprint density at radius 2 is 2.10 bits per heavy atom. The molecule has 0 saturated heterocycles. The minimum absolute atomic E-state index is 0.0764. The summed E-state index contributed by atoms with van der Waals surface area (Å²) in [6.45, 7) is 5.07. The first kappa shape index (κ1) is 15.6. The molecule has 1 unspecified atom stereocenters. The van der Waals surface area contributed by atoms with E-state index in [2.05, 4.69) is 24.1 Å². The molecule has 0 aliphatic heterocycles. The van der Waals surface area contributed by atoms with Crippen molar-refractivity contribution in [1.82, 2.24) is 4.98 Å². The van der Waals surface area contributed by atoms with Crippen LogP contribution in [-0.2, 0) is 4.79 Å². The Balaban J connectivity index is 1.88. The fourth-order valence-corrected chi connectivity index (χ4v) is 2.70. The average Bonchev–Trinajstić information content (AvgIpc) is 2.90. The number of fused-ring (bicyclic) bond motifs is 1. The van der Waals surface area contributed by atoms with Gasteiger partial charge in [-0.25, -0.2) is 0 Å². The van der Waals surface area contributed by atoms with Gasteiger partial charge in [0.1, 0.15) is 0 Å². The molecule has 0 bridgehead atoms. The third kappa shape index (κ3) is 4.33. The van der Waals surface area contributed by atoms with Gasteiger partial charge in [-0.15, -0.1) is 0 Å². The average molecular weight is 287 g/mol. The summed E-state index contributed by atoms with van der Waals surface area (Å²) in [6, 6.07) is 7.90. The number of carbonyl (C=O) groups is 1. The van der Waals surface area contributed by atoms with Gasteiger partial charge >= 0.3 is 0 Å². The first-order chi connectivity index (χ1) is 10.1. The fraction of sp³-hybridized carbons (Fsp3) is 0.471. The van der Waals surface area contributed by atoms with Gasteiger partial charge in [0, 0.05) is 29.2 Å². The monoisotopic (exact) mass is 287 g/mol. The van der Waals surface area contributed by atoms with Crippen molar-refractivity contribution in [2.24, 2.45) is 17.6 Å². The molecule has 0 fully saturated rings. The Bertz CT molecular complexity index is 588. The molecule has 0 aliphatic rings. The molecule has 114 valence electrons. The number of anilines is 1. The Labute approximate surface area is 126 Å². The molecular weight excluding hydrogens is 262 g/mol. The maximum Gasteiger partial charge on any atom is 0.224 e. The molecule has 0 saturated carbocycles. The number of nitrogens with one attached hydrogen (secondary N) is 2. The Kier molecular flexibility index (Phi) is 5.39. The highest BCUT2D eigenvalue weighted by molar-refractivity contribution is 5.93. The highest BCUT2D eigenvalue weighted by atomic mass is 16.1. The number of hydrogen-bond acceptors (Lipinski definition) is 2. The normalized spacial score (nSPS) is 12.8. The van der Waals surface area contributed by atoms with E-state index in [0.717, 1.165) is 29.4 Å². The lowest BCUT2D eigenvalue weighted by atomic mass is 9.88. The van der Waals surface area contributed by atoms with Crippen molar-refractivity contribution >= 4 is 22.5 Å². The maximum absolute atomic E-state index is 12.1. The van der Waals surface area contributed by atoms with Gasteiger partial charge < -0.3 is 16.0 Å². The van der Waals surface area contributed by atoms with Crippen LogP contribution in [0.1, 0.15) is 33.1 Å². The number of nitrogens with two attached hydrogens (primary N) is 1. The van der Waals surface area contributed by atoms with Gasteiger partial charge in [0.2, 0.25) is 5.91 Å². The Morgan fingerprint density at radius 1 is 1.29 bits per heavy atom. The van der Waals surface area contributed by atoms with E-state index in [1.165, 1.54) is 0 Å². The van der Waals surface area contributed by atoms with Crippen LogP contribution in [0.2, 0.25) is 0 Å². The van der Waals surface area contributed by atoms with Crippen LogP contribution >= 0.6 is 0 Å². The van der Waals surface area contributed by atoms with Crippen molar-refractivity contribution in [2.75, 3.05) is 11.9 Å². The van der Waals surface area contributed by atoms with E-state index >= 15 is 0 Å². The summed E-state index contributed by atoms with van der Waals surface area (Å²) in [5.74, 6) is 1.16. The molecule has 1 heterocycles. The number of hydrogen-bond donors (Lipinski definition) is 3. The summed E-state index contributed by atoms with van der Waals surface area (Å²) in [4.78, 5) is 15.2. The number of benzene rings is 1. The number of aromatic nitrogens is 1. The SMILES string of the molecule is CC(C)C(CCN)CCC(=O)Nc1ccc2[nH]ccc2c1. The molecular formula is C17H25N3O. The van der Waals surface area contributed by atoms with Gasteiger partial charge in [-0.3, -0.25) is 4.79 Å². The number of H-pyrrole nitrogens is 1. The van der Waals surface area contributed by atoms with Crippen molar-refractivity contribution in [3.63, 3.8) is 0 Å². The summed E-state index contributed by atoms with van der Waals surface area (Å²) in [7, 11) is 0. The quantitative estimate of drug-likeness (QED) is 0.729. The number of carbonyl (C=O) groups excluding carboxylic acids is 1. The molecule has 0 aliphatic carbocycles. The summed E-state index contributed by atoms with van der Waals surface area (Å²) in [5, 5.41) is 4.08. The van der Waals surface area contributed by atoms with Crippen molar-refractivity contribution in [2.45, 2.75) is 33.1 Å². The number of rotatable bonds is 7. The largest absolute Gasteiger partial charge is 0.361 e. The molecule has 1 atom stereocenters. The lowest BCUT2D eigenvalue weighted by molar-refractivity contribution is -0.116. The van der Waals surface area contributed by atoms with Crippen molar-refractivity contribution < 1.29 is 4.79 Å². The predicted molar refractivity (Wildman–Crippen MR) is 88.2 cm³/mol. The van der Waals surface area contributed by atoms with Crippen LogP contribution in [0.5, 0.6) is 0 Å². The molecule has 4 N–H and O–H groups in total. The Morgan fingerprint density at radius 3 is 2.81 bits per heavy atom. The molecule has 4 heteroatoms. The lowest BCUT2D eigenvalue weighted by Crippen LogP contribution is -2.18. The molecule has 1 aromatic carbocycles. The van der Waals surface area contributed by atoms with Gasteiger partial charge in [0.05, 0.1) is 0 Å². The molecule has 4 nitrogen and oxygen atoms in total. The molecule has 0 radical (unpaired) electrons. The molecule has 2 rings (SSSR count). The smallest absolute Gasteiger partial charge is 0.224 e. The Hall–Kier alpha value is -1.81. The summed E-state index contributed by atoms with van der Waals surface area (Å²) in [5.41, 5.74) is 7.57. The summed E-state index contributed by atoms with van der Waals surface area (Å²) < 4.78 is 0. The van der Waals surface area contributed by atoms with Crippen LogP contribution in [0, 0.1) is 11.8 Å². The van der Waals surface area contributed by atoms with E-state index in [-0.39, 0.29) is 5.91 Å². The van der Waals surface area contributed by atoms with Gasteiger partial charge in [-0.05, 0) is 55.5 Å². The molecule has 1 aromatic heterocycles. The highest BCUT2D eigenvalue weighted by Gasteiger charge is 2.14. The minimum Gasteiger partial charge on any atom is -0.361 e. The van der Waals surface area contributed by atoms with Crippen LogP contribution < -0.4 is 11.1 Å². The second-order valence-electron chi connectivity index (χ2n) is 5.95. The van der Waals surface area contributed by atoms with Gasteiger partial charge in [0.15, 0.2) is 0 Å². The maximum atomic E-state index is 12.1. The topological polar surface area (TPSA) is 70.9 Å². The number of amides is 1. The molecule has 2 aromatic rings. The molecule has 21 heavy (non-hydrogen) atoms. The van der Waals surface area contributed by atoms with E-state index in [0.29, 0.717) is 24.8 Å². The van der Waals surface area contributed by atoms with Crippen LogP contribution in [-0.4, -0.2) is 17.4 Å². The van der Waals surface area contributed by atoms with Crippen LogP contribution in [0.3, 0.4) is 0 Å². The van der Waals surface area contributed by atoms with Gasteiger partial charge in [-0.2, -0.15) is 0 Å². The number of aromatic amines is 1. The predicted octanol–water partition coefficient (Wildman–Crippen LogP) is 3.51. The van der Waals surface area contributed by atoms with Crippen molar-refractivity contribution in [3.05, 3.63) is 30.5 Å². The third-order valence-electron chi connectivity index (χ3n) is 4.06. The van der Waals surface area contributed by atoms with Crippen molar-refractivity contribution in [1.29, 1.82) is 0 Å². The van der Waals surface area contributed by atoms with Crippen LogP contribution in [0.15, 0.2) is 30.5 Å². The van der Waals surface area contributed by atoms with Crippen molar-refractivity contribution in [3.8, 4) is 0 Å². The van der Waals surface area contributed by atoms with Gasteiger partial charge in [-0.1, -0.05) is 13.8 Å². The zero-order valence-corrected chi connectivity index (χ0v) is 12.9. The van der Waals surface area contributed by atoms with E-state index < -0.39 is 0 Å². The first-order valence-corrected chi connectivity index (χ1v) is 7.67. The fourth-order valence-electron chi connectivity index (χ4n) is 2.70. The first-order valence-electron chi connectivity index (χ1n) is 7.67. The van der Waals surface area contributed by atoms with Crippen LogP contribution in [0.4, 0.5) is 5.69 Å². The minimum atomic E-state index is 0.0764. The summed E-state index contributed by atoms with van der Waals surface area (Å²) >= 11 is 0. The third-order valence-corrected chi connectivity index (χ3v) is 4.06. The zero-order chi connectivity index (χ0) is 15.2. The second kappa shape index (κ2) is 7.27. The summed E-state index contributed by atoms with van der Waals surface area (Å²) in [6.07, 6.45) is 4.33. The van der Waals surface area contributed by atoms with E-state index in [4.69, 9.17) is 5.73 Å². The second-order valence-corrected chi connectivity index (χ2v) is 5.95. The highest BCUT2D eigenvalue weighted by Crippen LogP contribution is 2.22. The zero-order valence-electron chi connectivity index (χ0n) is 12.9. The van der Waals surface area contributed by atoms with Gasteiger partial charge in [0.25, 0.3) is 0 Å².